The maximum atomic E-state index is 11.8. The molecule has 4 bridgehead atoms. The Hall–Kier alpha value is 1.22. The van der Waals surface area contributed by atoms with Gasteiger partial charge in [-0.25, -0.2) is 28.4 Å². The molecule has 4 N–H and O–H groups in total. The number of rotatable bonds is 4. The minimum absolute atomic E-state index is 0. The average Bonchev–Trinajstić information content (AvgIpc) is 3.50. The number of hydrogen-bond acceptors (Lipinski definition) is 6. The molecule has 9 heteroatoms. The number of carboxylic acid groups (broad SMARTS) is 1. The zero-order chi connectivity index (χ0) is 20.9. The molecular formula is C20H32O7Y2-4. The number of aliphatic hydroxyl groups excluding tert-OH is 2. The summed E-state index contributed by atoms with van der Waals surface area (Å²) in [7, 11) is 11.0. The summed E-state index contributed by atoms with van der Waals surface area (Å²) in [6.07, 6.45) is 6.45. The van der Waals surface area contributed by atoms with Crippen molar-refractivity contribution in [2.75, 3.05) is 0 Å². The molecule has 3 saturated carbocycles. The van der Waals surface area contributed by atoms with Gasteiger partial charge in [-0.3, -0.25) is 4.79 Å². The molecule has 0 aromatic rings. The van der Waals surface area contributed by atoms with Crippen molar-refractivity contribution in [2.45, 2.75) is 32.7 Å². The normalized spacial score (nSPS) is 36.7. The van der Waals surface area contributed by atoms with Crippen LogP contribution in [0.5, 0.6) is 0 Å². The Labute approximate surface area is 224 Å². The second kappa shape index (κ2) is 14.4. The molecule has 164 valence electrons. The van der Waals surface area contributed by atoms with E-state index in [1.807, 2.05) is 13.8 Å². The van der Waals surface area contributed by atoms with Crippen LogP contribution in [-0.4, -0.2) is 32.4 Å². The summed E-state index contributed by atoms with van der Waals surface area (Å²) < 4.78 is 9.74. The topological polar surface area (TPSA) is 116 Å². The Bertz CT molecular complexity index is 513. The van der Waals surface area contributed by atoms with Gasteiger partial charge < -0.3 is 29.9 Å². The van der Waals surface area contributed by atoms with E-state index in [-0.39, 0.29) is 77.3 Å². The molecule has 0 aromatic carbocycles. The molecule has 2 radical (unpaired) electrons. The monoisotopic (exact) mass is 562 g/mol. The molecular weight excluding hydrogens is 530 g/mol. The minimum atomic E-state index is -2.01. The summed E-state index contributed by atoms with van der Waals surface area (Å²) in [4.78, 5) is 11.8. The molecule has 29 heavy (non-hydrogen) atoms. The van der Waals surface area contributed by atoms with Gasteiger partial charge in [-0.05, 0) is 48.3 Å². The third kappa shape index (κ3) is 5.59. The Morgan fingerprint density at radius 2 is 1.34 bits per heavy atom. The molecule has 4 aliphatic rings. The van der Waals surface area contributed by atoms with Gasteiger partial charge in [0, 0.05) is 65.4 Å². The molecule has 8 unspecified atom stereocenters. The second-order valence-electron chi connectivity index (χ2n) is 6.98. The maximum absolute atomic E-state index is 11.8. The molecule has 8 atom stereocenters. The molecule has 7 nitrogen and oxygen atoms in total. The first-order valence-electron chi connectivity index (χ1n) is 9.15. The zero-order valence-corrected chi connectivity index (χ0v) is 22.9. The molecule has 0 aliphatic heterocycles. The van der Waals surface area contributed by atoms with Crippen molar-refractivity contribution in [3.05, 3.63) is 40.6 Å². The van der Waals surface area contributed by atoms with Gasteiger partial charge in [-0.15, -0.1) is 0 Å². The summed E-state index contributed by atoms with van der Waals surface area (Å²) in [5, 5.41) is 33.7. The van der Waals surface area contributed by atoms with Crippen molar-refractivity contribution in [3.8, 4) is 0 Å². The average molecular weight is 562 g/mol. The molecule has 4 aliphatic carbocycles. The van der Waals surface area contributed by atoms with Gasteiger partial charge in [-0.2, -0.15) is 0 Å². The Morgan fingerprint density at radius 1 is 0.931 bits per heavy atom. The Morgan fingerprint density at radius 3 is 1.72 bits per heavy atom. The van der Waals surface area contributed by atoms with Crippen molar-refractivity contribution in [3.63, 3.8) is 0 Å². The van der Waals surface area contributed by atoms with E-state index >= 15 is 0 Å². The summed E-state index contributed by atoms with van der Waals surface area (Å²) >= 11 is 0. The van der Waals surface area contributed by atoms with Gasteiger partial charge in [0.05, 0.1) is 11.8 Å². The standard InChI is InChI=1S/C16H20O5.C2H6.2CH3O.2Y/c1-20-16(19,21-2)14-10-6-9(13(14)15(17)18)11-7-3-4-8(5-7)12(10)11;3*1-2;;/h3-4,7-14,19H,1-2,5-6H2,(H,17,18);1-2H3;2*2H,1H2;;/q-2;;2*-1;;. The first kappa shape index (κ1) is 32.4. The predicted octanol–water partition coefficient (Wildman–Crippen LogP) is 2.98. The molecule has 0 amide bonds. The van der Waals surface area contributed by atoms with E-state index in [9.17, 15) is 15.0 Å². The number of ether oxygens (including phenoxy) is 2. The smallest absolute Gasteiger partial charge is 0.307 e. The third-order valence-corrected chi connectivity index (χ3v) is 6.55. The fraction of sp³-hybridized carbons (Fsp3) is 0.650. The van der Waals surface area contributed by atoms with Crippen LogP contribution in [0.15, 0.2) is 12.2 Å². The van der Waals surface area contributed by atoms with Crippen LogP contribution >= 0.6 is 0 Å². The molecule has 3 fully saturated rings. The molecule has 0 saturated heterocycles. The second-order valence-corrected chi connectivity index (χ2v) is 6.98. The van der Waals surface area contributed by atoms with E-state index < -0.39 is 23.8 Å². The van der Waals surface area contributed by atoms with E-state index in [2.05, 4.69) is 40.6 Å². The van der Waals surface area contributed by atoms with E-state index in [0.29, 0.717) is 23.7 Å². The van der Waals surface area contributed by atoms with Gasteiger partial charge >= 0.3 is 5.97 Å². The summed E-state index contributed by atoms with van der Waals surface area (Å²) in [6.45, 7) is 4.00. The zero-order valence-electron chi connectivity index (χ0n) is 17.2. The third-order valence-electron chi connectivity index (χ3n) is 6.55. The molecule has 0 aromatic heterocycles. The van der Waals surface area contributed by atoms with E-state index in [1.54, 1.807) is 0 Å². The maximum Gasteiger partial charge on any atom is 0.307 e. The summed E-state index contributed by atoms with van der Waals surface area (Å²) in [5.41, 5.74) is 0. The molecule has 4 rings (SSSR count). The minimum Gasteiger partial charge on any atom is -0.569 e. The number of carbonyl (C=O) groups is 1. The first-order chi connectivity index (χ1) is 13.0. The number of aliphatic hydroxyl groups is 3. The summed E-state index contributed by atoms with van der Waals surface area (Å²) in [6, 6.07) is 0. The summed E-state index contributed by atoms with van der Waals surface area (Å²) in [5.74, 6) is -2.11. The quantitative estimate of drug-likeness (QED) is 0.180. The number of carboxylic acids is 1. The largest absolute Gasteiger partial charge is 0.569 e. The predicted molar refractivity (Wildman–Crippen MR) is 97.7 cm³/mol. The van der Waals surface area contributed by atoms with Gasteiger partial charge in [0.15, 0.2) is 0 Å². The first-order valence-corrected chi connectivity index (χ1v) is 9.15. The van der Waals surface area contributed by atoms with Crippen LogP contribution < -0.4 is 0 Å². The van der Waals surface area contributed by atoms with Crippen LogP contribution in [0.1, 0.15) is 26.7 Å². The van der Waals surface area contributed by atoms with Gasteiger partial charge in [0.1, 0.15) is 0 Å². The van der Waals surface area contributed by atoms with Crippen molar-refractivity contribution >= 4 is 5.97 Å². The molecule has 0 spiro atoms. The number of hydrogen-bond donors (Lipinski definition) is 4. The number of aliphatic carboxylic acids is 1. The van der Waals surface area contributed by atoms with Crippen LogP contribution in [0.3, 0.4) is 0 Å². The van der Waals surface area contributed by atoms with Crippen molar-refractivity contribution < 1.29 is 100 Å². The fourth-order valence-electron chi connectivity index (χ4n) is 6.11. The van der Waals surface area contributed by atoms with Crippen LogP contribution in [0.2, 0.25) is 0 Å². The van der Waals surface area contributed by atoms with Gasteiger partial charge in [0.25, 0.3) is 0 Å². The van der Waals surface area contributed by atoms with Crippen LogP contribution in [-0.2, 0) is 79.7 Å². The van der Waals surface area contributed by atoms with E-state index in [0.717, 1.165) is 12.8 Å². The van der Waals surface area contributed by atoms with Crippen molar-refractivity contribution in [1.29, 1.82) is 0 Å². The Kier molecular flexibility index (Phi) is 16.1. The van der Waals surface area contributed by atoms with Gasteiger partial charge in [0.2, 0.25) is 5.97 Å². The van der Waals surface area contributed by atoms with E-state index in [1.165, 1.54) is 0 Å². The van der Waals surface area contributed by atoms with Crippen LogP contribution in [0.4, 0.5) is 0 Å². The Balaban J connectivity index is 0. The number of allylic oxidation sites excluding steroid dienone is 2. The van der Waals surface area contributed by atoms with Crippen LogP contribution in [0, 0.1) is 75.8 Å². The van der Waals surface area contributed by atoms with Gasteiger partial charge in [-0.1, -0.05) is 26.0 Å². The van der Waals surface area contributed by atoms with E-state index in [4.69, 9.17) is 19.7 Å². The SMILES string of the molecule is CC.[CH2-]O.[CH2-]O.[CH2-]OC(O)(O[CH2-])C1C2CC(C1C(=O)O)C1C3C=CC(C3)C21.[Y].[Y]. The van der Waals surface area contributed by atoms with Crippen molar-refractivity contribution in [2.24, 2.45) is 47.3 Å². The van der Waals surface area contributed by atoms with Crippen LogP contribution in [0.25, 0.3) is 0 Å². The fourth-order valence-corrected chi connectivity index (χ4v) is 6.11. The van der Waals surface area contributed by atoms with Crippen molar-refractivity contribution in [1.82, 2.24) is 0 Å². The number of fused-ring (bicyclic) bond motifs is 9. The molecule has 0 heterocycles.